The van der Waals surface area contributed by atoms with Gasteiger partial charge in [0.15, 0.2) is 0 Å². The Morgan fingerprint density at radius 3 is 2.60 bits per heavy atom. The van der Waals surface area contributed by atoms with Crippen molar-refractivity contribution in [3.63, 3.8) is 0 Å². The van der Waals surface area contributed by atoms with Gasteiger partial charge in [-0.3, -0.25) is 4.79 Å². The molecule has 15 heavy (non-hydrogen) atoms. The van der Waals surface area contributed by atoms with E-state index in [9.17, 15) is 4.79 Å². The Labute approximate surface area is 88.7 Å². The van der Waals surface area contributed by atoms with Gasteiger partial charge in [0.25, 0.3) is 0 Å². The number of hydrogen-bond acceptors (Lipinski definition) is 3. The SMILES string of the molecule is C[C@@H](OCc1ccccc1)C(N)C(=O)O. The summed E-state index contributed by atoms with van der Waals surface area (Å²) in [5.74, 6) is -1.05. The zero-order valence-corrected chi connectivity index (χ0v) is 8.59. The smallest absolute Gasteiger partial charge is 0.323 e. The van der Waals surface area contributed by atoms with Crippen LogP contribution >= 0.6 is 0 Å². The lowest BCUT2D eigenvalue weighted by atomic mass is 10.2. The maximum absolute atomic E-state index is 10.5. The Morgan fingerprint density at radius 1 is 1.47 bits per heavy atom. The van der Waals surface area contributed by atoms with Crippen molar-refractivity contribution >= 4 is 5.97 Å². The van der Waals surface area contributed by atoms with Gasteiger partial charge < -0.3 is 15.6 Å². The third-order valence-electron chi connectivity index (χ3n) is 2.15. The first-order valence-electron chi connectivity index (χ1n) is 4.75. The van der Waals surface area contributed by atoms with E-state index >= 15 is 0 Å². The molecule has 1 rings (SSSR count). The Balaban J connectivity index is 2.41. The van der Waals surface area contributed by atoms with Crippen LogP contribution in [0.5, 0.6) is 0 Å². The topological polar surface area (TPSA) is 72.5 Å². The van der Waals surface area contributed by atoms with Crippen LogP contribution in [0.1, 0.15) is 12.5 Å². The zero-order chi connectivity index (χ0) is 11.3. The molecule has 3 N–H and O–H groups in total. The summed E-state index contributed by atoms with van der Waals surface area (Å²) in [5, 5.41) is 8.64. The van der Waals surface area contributed by atoms with Crippen LogP contribution in [0.15, 0.2) is 30.3 Å². The minimum absolute atomic E-state index is 0.378. The van der Waals surface area contributed by atoms with Crippen molar-refractivity contribution in [3.8, 4) is 0 Å². The van der Waals surface area contributed by atoms with Crippen molar-refractivity contribution < 1.29 is 14.6 Å². The predicted molar refractivity (Wildman–Crippen MR) is 56.3 cm³/mol. The molecule has 4 heteroatoms. The monoisotopic (exact) mass is 209 g/mol. The first-order chi connectivity index (χ1) is 7.11. The van der Waals surface area contributed by atoms with Crippen molar-refractivity contribution in [2.45, 2.75) is 25.7 Å². The normalized spacial score (nSPS) is 14.5. The van der Waals surface area contributed by atoms with Gasteiger partial charge >= 0.3 is 5.97 Å². The molecule has 0 aliphatic carbocycles. The van der Waals surface area contributed by atoms with E-state index in [2.05, 4.69) is 0 Å². The van der Waals surface area contributed by atoms with Gasteiger partial charge in [-0.05, 0) is 12.5 Å². The van der Waals surface area contributed by atoms with Crippen LogP contribution in [-0.4, -0.2) is 23.2 Å². The summed E-state index contributed by atoms with van der Waals surface area (Å²) in [7, 11) is 0. The number of benzene rings is 1. The standard InChI is InChI=1S/C11H15NO3/c1-8(10(12)11(13)14)15-7-9-5-3-2-4-6-9/h2-6,8,10H,7,12H2,1H3,(H,13,14)/t8-,10?/m1/s1. The summed E-state index contributed by atoms with van der Waals surface area (Å²) >= 11 is 0. The number of carboxylic acid groups (broad SMARTS) is 1. The quantitative estimate of drug-likeness (QED) is 0.759. The van der Waals surface area contributed by atoms with Crippen LogP contribution in [0.3, 0.4) is 0 Å². The molecule has 0 saturated carbocycles. The number of rotatable bonds is 5. The molecule has 0 amide bonds. The van der Waals surface area contributed by atoms with E-state index in [0.717, 1.165) is 5.56 Å². The summed E-state index contributed by atoms with van der Waals surface area (Å²) in [6.45, 7) is 2.03. The van der Waals surface area contributed by atoms with E-state index in [1.54, 1.807) is 6.92 Å². The fourth-order valence-corrected chi connectivity index (χ4v) is 1.11. The molecule has 1 aromatic rings. The summed E-state index contributed by atoms with van der Waals surface area (Å²) in [4.78, 5) is 10.5. The lowest BCUT2D eigenvalue weighted by Gasteiger charge is -2.16. The Hall–Kier alpha value is -1.39. The number of carboxylic acids is 1. The molecule has 4 nitrogen and oxygen atoms in total. The zero-order valence-electron chi connectivity index (χ0n) is 8.59. The second-order valence-corrected chi connectivity index (χ2v) is 3.37. The maximum atomic E-state index is 10.5. The molecular weight excluding hydrogens is 194 g/mol. The van der Waals surface area contributed by atoms with Crippen LogP contribution in [0.4, 0.5) is 0 Å². The first kappa shape index (κ1) is 11.7. The van der Waals surface area contributed by atoms with Gasteiger partial charge in [-0.2, -0.15) is 0 Å². The Bertz CT molecular complexity index is 313. The van der Waals surface area contributed by atoms with E-state index in [1.807, 2.05) is 30.3 Å². The molecule has 0 aliphatic rings. The fraction of sp³-hybridized carbons (Fsp3) is 0.364. The molecule has 82 valence electrons. The van der Waals surface area contributed by atoms with E-state index in [-0.39, 0.29) is 0 Å². The highest BCUT2D eigenvalue weighted by Crippen LogP contribution is 2.05. The molecule has 0 bridgehead atoms. The van der Waals surface area contributed by atoms with Crippen LogP contribution in [-0.2, 0) is 16.1 Å². The van der Waals surface area contributed by atoms with Crippen molar-refractivity contribution in [3.05, 3.63) is 35.9 Å². The highest BCUT2D eigenvalue weighted by Gasteiger charge is 2.20. The van der Waals surface area contributed by atoms with E-state index in [1.165, 1.54) is 0 Å². The molecule has 1 unspecified atom stereocenters. The molecular formula is C11H15NO3. The average Bonchev–Trinajstić information content (AvgIpc) is 2.26. The minimum atomic E-state index is -1.05. The van der Waals surface area contributed by atoms with E-state index < -0.39 is 18.1 Å². The molecule has 0 aromatic heterocycles. The lowest BCUT2D eigenvalue weighted by molar-refractivity contribution is -0.142. The summed E-state index contributed by atoms with van der Waals surface area (Å²) < 4.78 is 5.35. The van der Waals surface area contributed by atoms with Crippen molar-refractivity contribution in [1.29, 1.82) is 0 Å². The van der Waals surface area contributed by atoms with Crippen molar-refractivity contribution in [2.24, 2.45) is 5.73 Å². The highest BCUT2D eigenvalue weighted by molar-refractivity contribution is 5.73. The molecule has 0 radical (unpaired) electrons. The maximum Gasteiger partial charge on any atom is 0.323 e. The van der Waals surface area contributed by atoms with Gasteiger partial charge in [0.1, 0.15) is 6.04 Å². The highest BCUT2D eigenvalue weighted by atomic mass is 16.5. The van der Waals surface area contributed by atoms with Gasteiger partial charge in [0.05, 0.1) is 12.7 Å². The van der Waals surface area contributed by atoms with Crippen molar-refractivity contribution in [2.75, 3.05) is 0 Å². The van der Waals surface area contributed by atoms with Crippen LogP contribution in [0.2, 0.25) is 0 Å². The molecule has 0 saturated heterocycles. The molecule has 0 fully saturated rings. The second-order valence-electron chi connectivity index (χ2n) is 3.37. The summed E-state index contributed by atoms with van der Waals surface area (Å²) in [5.41, 5.74) is 6.40. The van der Waals surface area contributed by atoms with E-state index in [4.69, 9.17) is 15.6 Å². The van der Waals surface area contributed by atoms with Gasteiger partial charge in [0.2, 0.25) is 0 Å². The number of nitrogens with two attached hydrogens (primary N) is 1. The summed E-state index contributed by atoms with van der Waals surface area (Å²) in [6, 6.07) is 8.57. The third-order valence-corrected chi connectivity index (χ3v) is 2.15. The van der Waals surface area contributed by atoms with Gasteiger partial charge in [0, 0.05) is 0 Å². The molecule has 0 aliphatic heterocycles. The lowest BCUT2D eigenvalue weighted by Crippen LogP contribution is -2.41. The average molecular weight is 209 g/mol. The molecule has 2 atom stereocenters. The van der Waals surface area contributed by atoms with Crippen LogP contribution < -0.4 is 5.73 Å². The van der Waals surface area contributed by atoms with Crippen LogP contribution in [0, 0.1) is 0 Å². The van der Waals surface area contributed by atoms with Gasteiger partial charge in [-0.15, -0.1) is 0 Å². The molecule has 1 aromatic carbocycles. The molecule has 0 heterocycles. The van der Waals surface area contributed by atoms with Gasteiger partial charge in [-0.25, -0.2) is 0 Å². The first-order valence-corrected chi connectivity index (χ1v) is 4.75. The largest absolute Gasteiger partial charge is 0.480 e. The third kappa shape index (κ3) is 3.69. The number of hydrogen-bond donors (Lipinski definition) is 2. The molecule has 0 spiro atoms. The number of aliphatic carboxylic acids is 1. The Morgan fingerprint density at radius 2 is 2.07 bits per heavy atom. The fourth-order valence-electron chi connectivity index (χ4n) is 1.11. The van der Waals surface area contributed by atoms with E-state index in [0.29, 0.717) is 6.61 Å². The Kier molecular flexibility index (Phi) is 4.27. The second kappa shape index (κ2) is 5.48. The van der Waals surface area contributed by atoms with Crippen molar-refractivity contribution in [1.82, 2.24) is 0 Å². The van der Waals surface area contributed by atoms with Crippen LogP contribution in [0.25, 0.3) is 0 Å². The predicted octanol–water partition coefficient (Wildman–Crippen LogP) is 1.00. The number of ether oxygens (including phenoxy) is 1. The summed E-state index contributed by atoms with van der Waals surface area (Å²) in [6.07, 6.45) is -0.497. The minimum Gasteiger partial charge on any atom is -0.480 e. The number of carbonyl (C=O) groups is 1. The van der Waals surface area contributed by atoms with Gasteiger partial charge in [-0.1, -0.05) is 30.3 Å².